The second-order valence-corrected chi connectivity index (χ2v) is 6.23. The molecule has 0 fully saturated rings. The van der Waals surface area contributed by atoms with E-state index in [9.17, 15) is 18.8 Å². The summed E-state index contributed by atoms with van der Waals surface area (Å²) in [5.74, 6) is -1.34. The molecule has 142 valence electrons. The zero-order chi connectivity index (χ0) is 20.0. The first-order valence-electron chi connectivity index (χ1n) is 8.17. The molecular weight excluding hydrogens is 373 g/mol. The van der Waals surface area contributed by atoms with Crippen LogP contribution in [0.3, 0.4) is 0 Å². The highest BCUT2D eigenvalue weighted by Crippen LogP contribution is 2.23. The molecule has 0 spiro atoms. The van der Waals surface area contributed by atoms with Crippen LogP contribution in [0.4, 0.5) is 21.5 Å². The van der Waals surface area contributed by atoms with Crippen LogP contribution in [0.1, 0.15) is 20.3 Å². The Labute approximate surface area is 161 Å². The van der Waals surface area contributed by atoms with Gasteiger partial charge in [-0.2, -0.15) is 0 Å². The van der Waals surface area contributed by atoms with Crippen molar-refractivity contribution in [3.8, 4) is 0 Å². The lowest BCUT2D eigenvalue weighted by Crippen LogP contribution is -2.32. The third kappa shape index (κ3) is 6.07. The quantitative estimate of drug-likeness (QED) is 0.785. The van der Waals surface area contributed by atoms with E-state index in [1.165, 1.54) is 36.9 Å². The van der Waals surface area contributed by atoms with Gasteiger partial charge in [-0.05, 0) is 42.5 Å². The molecule has 27 heavy (non-hydrogen) atoms. The third-order valence-corrected chi connectivity index (χ3v) is 3.94. The van der Waals surface area contributed by atoms with Gasteiger partial charge < -0.3 is 15.5 Å². The lowest BCUT2D eigenvalue weighted by Gasteiger charge is -2.21. The van der Waals surface area contributed by atoms with Crippen molar-refractivity contribution < 1.29 is 18.8 Å². The first-order valence-corrected chi connectivity index (χ1v) is 8.54. The Bertz CT molecular complexity index is 856. The summed E-state index contributed by atoms with van der Waals surface area (Å²) in [6, 6.07) is 10.6. The van der Waals surface area contributed by atoms with Crippen molar-refractivity contribution in [2.24, 2.45) is 0 Å². The van der Waals surface area contributed by atoms with Crippen molar-refractivity contribution >= 4 is 46.4 Å². The summed E-state index contributed by atoms with van der Waals surface area (Å²) >= 11 is 5.76. The van der Waals surface area contributed by atoms with E-state index in [-0.39, 0.29) is 35.7 Å². The number of nitrogens with one attached hydrogen (secondary N) is 2. The summed E-state index contributed by atoms with van der Waals surface area (Å²) in [7, 11) is 0. The van der Waals surface area contributed by atoms with Gasteiger partial charge in [0, 0.05) is 43.9 Å². The van der Waals surface area contributed by atoms with Crippen molar-refractivity contribution in [2.45, 2.75) is 20.3 Å². The molecule has 3 amide bonds. The van der Waals surface area contributed by atoms with E-state index in [2.05, 4.69) is 10.6 Å². The van der Waals surface area contributed by atoms with Crippen LogP contribution in [-0.4, -0.2) is 24.3 Å². The second kappa shape index (κ2) is 9.14. The fraction of sp³-hybridized carbons (Fsp3) is 0.211. The molecule has 0 saturated heterocycles. The SMILES string of the molecule is CC(=O)Nc1ccc(NC(=O)CCN(C(C)=O)c2ccc(F)c(Cl)c2)cc1. The second-order valence-electron chi connectivity index (χ2n) is 5.83. The average Bonchev–Trinajstić information content (AvgIpc) is 2.59. The summed E-state index contributed by atoms with van der Waals surface area (Å²) in [4.78, 5) is 36.4. The van der Waals surface area contributed by atoms with E-state index in [0.717, 1.165) is 0 Å². The van der Waals surface area contributed by atoms with E-state index in [1.807, 2.05) is 0 Å². The molecule has 0 heterocycles. The Morgan fingerprint density at radius 2 is 1.59 bits per heavy atom. The van der Waals surface area contributed by atoms with Gasteiger partial charge in [0.05, 0.1) is 5.02 Å². The Hall–Kier alpha value is -2.93. The molecule has 0 aromatic heterocycles. The van der Waals surface area contributed by atoms with Gasteiger partial charge in [0.2, 0.25) is 17.7 Å². The normalized spacial score (nSPS) is 10.2. The minimum Gasteiger partial charge on any atom is -0.326 e. The Balaban J connectivity index is 1.96. The molecule has 0 aliphatic heterocycles. The van der Waals surface area contributed by atoms with Crippen LogP contribution in [0, 0.1) is 5.82 Å². The van der Waals surface area contributed by atoms with Crippen molar-refractivity contribution in [1.29, 1.82) is 0 Å². The van der Waals surface area contributed by atoms with Gasteiger partial charge in [-0.1, -0.05) is 11.6 Å². The molecule has 0 aliphatic rings. The van der Waals surface area contributed by atoms with Crippen molar-refractivity contribution in [3.63, 3.8) is 0 Å². The number of nitrogens with zero attached hydrogens (tertiary/aromatic N) is 1. The smallest absolute Gasteiger partial charge is 0.226 e. The first kappa shape index (κ1) is 20.4. The maximum Gasteiger partial charge on any atom is 0.226 e. The standard InChI is InChI=1S/C19H19ClFN3O3/c1-12(25)22-14-3-5-15(6-4-14)23-19(27)9-10-24(13(2)26)16-7-8-18(21)17(20)11-16/h3-8,11H,9-10H2,1-2H3,(H,22,25)(H,23,27). The summed E-state index contributed by atoms with van der Waals surface area (Å²) in [5, 5.41) is 5.25. The number of carbonyl (C=O) groups excluding carboxylic acids is 3. The maximum absolute atomic E-state index is 13.3. The van der Waals surface area contributed by atoms with Crippen molar-refractivity contribution in [3.05, 3.63) is 53.3 Å². The summed E-state index contributed by atoms with van der Waals surface area (Å²) < 4.78 is 13.3. The molecule has 0 unspecified atom stereocenters. The van der Waals surface area contributed by atoms with E-state index in [1.54, 1.807) is 24.3 Å². The predicted octanol–water partition coefficient (Wildman–Crippen LogP) is 3.82. The Morgan fingerprint density at radius 1 is 1.00 bits per heavy atom. The molecule has 2 aromatic carbocycles. The van der Waals surface area contributed by atoms with Gasteiger partial charge in [0.1, 0.15) is 5.82 Å². The number of hydrogen-bond donors (Lipinski definition) is 2. The van der Waals surface area contributed by atoms with E-state index in [4.69, 9.17) is 11.6 Å². The largest absolute Gasteiger partial charge is 0.326 e. The summed E-state index contributed by atoms with van der Waals surface area (Å²) in [6.07, 6.45) is 0.0437. The average molecular weight is 392 g/mol. The fourth-order valence-electron chi connectivity index (χ4n) is 2.40. The molecule has 2 N–H and O–H groups in total. The van der Waals surface area contributed by atoms with Gasteiger partial charge in [-0.3, -0.25) is 14.4 Å². The maximum atomic E-state index is 13.3. The number of hydrogen-bond acceptors (Lipinski definition) is 3. The Kier molecular flexibility index (Phi) is 6.90. The molecule has 0 atom stereocenters. The van der Waals surface area contributed by atoms with Crippen LogP contribution < -0.4 is 15.5 Å². The third-order valence-electron chi connectivity index (χ3n) is 3.65. The van der Waals surface area contributed by atoms with Gasteiger partial charge >= 0.3 is 0 Å². The van der Waals surface area contributed by atoms with Crippen LogP contribution in [0.15, 0.2) is 42.5 Å². The highest BCUT2D eigenvalue weighted by atomic mass is 35.5. The minimum atomic E-state index is -0.579. The van der Waals surface area contributed by atoms with Crippen LogP contribution in [-0.2, 0) is 14.4 Å². The number of carbonyl (C=O) groups is 3. The molecule has 8 heteroatoms. The molecule has 6 nitrogen and oxygen atoms in total. The molecule has 2 rings (SSSR count). The van der Waals surface area contributed by atoms with Crippen LogP contribution in [0.25, 0.3) is 0 Å². The number of benzene rings is 2. The topological polar surface area (TPSA) is 78.5 Å². The summed E-state index contributed by atoms with van der Waals surface area (Å²) in [6.45, 7) is 2.88. The zero-order valence-electron chi connectivity index (χ0n) is 14.9. The Morgan fingerprint density at radius 3 is 2.11 bits per heavy atom. The molecule has 2 aromatic rings. The highest BCUT2D eigenvalue weighted by Gasteiger charge is 2.15. The van der Waals surface area contributed by atoms with Crippen LogP contribution >= 0.6 is 11.6 Å². The molecule has 0 saturated carbocycles. The number of amides is 3. The fourth-order valence-corrected chi connectivity index (χ4v) is 2.57. The number of rotatable bonds is 6. The van der Waals surface area contributed by atoms with E-state index in [0.29, 0.717) is 17.1 Å². The van der Waals surface area contributed by atoms with Gasteiger partial charge in [-0.25, -0.2) is 4.39 Å². The van der Waals surface area contributed by atoms with Crippen LogP contribution in [0.2, 0.25) is 5.02 Å². The van der Waals surface area contributed by atoms with Gasteiger partial charge in [0.15, 0.2) is 0 Å². The lowest BCUT2D eigenvalue weighted by atomic mass is 10.2. The molecule has 0 radical (unpaired) electrons. The van der Waals surface area contributed by atoms with Gasteiger partial charge in [-0.15, -0.1) is 0 Å². The zero-order valence-corrected chi connectivity index (χ0v) is 15.6. The predicted molar refractivity (Wildman–Crippen MR) is 103 cm³/mol. The van der Waals surface area contributed by atoms with Crippen molar-refractivity contribution in [1.82, 2.24) is 0 Å². The number of halogens is 2. The van der Waals surface area contributed by atoms with Gasteiger partial charge in [0.25, 0.3) is 0 Å². The highest BCUT2D eigenvalue weighted by molar-refractivity contribution is 6.31. The molecular formula is C19H19ClFN3O3. The van der Waals surface area contributed by atoms with E-state index < -0.39 is 5.82 Å². The van der Waals surface area contributed by atoms with E-state index >= 15 is 0 Å². The molecule has 0 bridgehead atoms. The monoisotopic (exact) mass is 391 g/mol. The first-order chi connectivity index (χ1) is 12.8. The molecule has 0 aliphatic carbocycles. The number of anilines is 3. The minimum absolute atomic E-state index is 0.0437. The van der Waals surface area contributed by atoms with Crippen LogP contribution in [0.5, 0.6) is 0 Å². The lowest BCUT2D eigenvalue weighted by molar-refractivity contribution is -0.117. The van der Waals surface area contributed by atoms with Crippen molar-refractivity contribution in [2.75, 3.05) is 22.1 Å². The summed E-state index contributed by atoms with van der Waals surface area (Å²) in [5.41, 5.74) is 1.60.